The number of amides is 1. The molecule has 1 fully saturated rings. The van der Waals surface area contributed by atoms with Crippen LogP contribution in [0.25, 0.3) is 10.9 Å². The van der Waals surface area contributed by atoms with E-state index in [4.69, 9.17) is 4.74 Å². The van der Waals surface area contributed by atoms with Gasteiger partial charge in [0.15, 0.2) is 16.4 Å². The van der Waals surface area contributed by atoms with Gasteiger partial charge >= 0.3 is 5.97 Å². The standard InChI is InChI=1S/C20H26N2O5S/c1-4-14(2)22(15-9-10-28(25,26)13-15)19(23)12-27-20(24)17-11-21(3)18-8-6-5-7-16(17)18/h5-8,11,14-15H,4,9-10,12-13H2,1-3H3/t14-,15-/m0/s1. The molecule has 1 aromatic heterocycles. The molecule has 152 valence electrons. The predicted molar refractivity (Wildman–Crippen MR) is 107 cm³/mol. The fourth-order valence-electron chi connectivity index (χ4n) is 3.78. The van der Waals surface area contributed by atoms with Crippen LogP contribution >= 0.6 is 0 Å². The number of fused-ring (bicyclic) bond motifs is 1. The Hall–Kier alpha value is -2.35. The number of hydrogen-bond donors (Lipinski definition) is 0. The van der Waals surface area contributed by atoms with Crippen LogP contribution in [0, 0.1) is 0 Å². The molecule has 0 radical (unpaired) electrons. The molecule has 3 rings (SSSR count). The first-order chi connectivity index (χ1) is 13.2. The summed E-state index contributed by atoms with van der Waals surface area (Å²) in [6.45, 7) is 3.43. The van der Waals surface area contributed by atoms with Crippen molar-refractivity contribution in [2.45, 2.75) is 38.8 Å². The Balaban J connectivity index is 1.72. The Morgan fingerprint density at radius 1 is 1.32 bits per heavy atom. The summed E-state index contributed by atoms with van der Waals surface area (Å²) in [6.07, 6.45) is 2.81. The van der Waals surface area contributed by atoms with Gasteiger partial charge < -0.3 is 14.2 Å². The van der Waals surface area contributed by atoms with Crippen LogP contribution in [0.4, 0.5) is 0 Å². The number of esters is 1. The van der Waals surface area contributed by atoms with Crippen molar-refractivity contribution in [2.24, 2.45) is 7.05 Å². The molecule has 0 spiro atoms. The minimum absolute atomic E-state index is 0.0274. The third-order valence-corrected chi connectivity index (χ3v) is 7.15. The Labute approximate surface area is 165 Å². The highest BCUT2D eigenvalue weighted by Gasteiger charge is 2.36. The molecule has 8 heteroatoms. The highest BCUT2D eigenvalue weighted by atomic mass is 32.2. The number of hydrogen-bond acceptors (Lipinski definition) is 5. The molecule has 0 N–H and O–H groups in total. The maximum atomic E-state index is 12.8. The van der Waals surface area contributed by atoms with Crippen molar-refractivity contribution in [3.63, 3.8) is 0 Å². The summed E-state index contributed by atoms with van der Waals surface area (Å²) in [7, 11) is -1.27. The minimum Gasteiger partial charge on any atom is -0.452 e. The zero-order valence-corrected chi connectivity index (χ0v) is 17.2. The Bertz CT molecular complexity index is 995. The summed E-state index contributed by atoms with van der Waals surface area (Å²) in [5.74, 6) is -0.855. The number of sulfone groups is 1. The van der Waals surface area contributed by atoms with Gasteiger partial charge in [0, 0.05) is 36.2 Å². The second-order valence-corrected chi connectivity index (χ2v) is 9.59. The summed E-state index contributed by atoms with van der Waals surface area (Å²) in [4.78, 5) is 26.9. The van der Waals surface area contributed by atoms with Crippen LogP contribution in [-0.2, 0) is 26.4 Å². The molecule has 0 aliphatic carbocycles. The molecule has 28 heavy (non-hydrogen) atoms. The molecule has 1 aromatic carbocycles. The maximum absolute atomic E-state index is 12.8. The van der Waals surface area contributed by atoms with Crippen LogP contribution in [0.1, 0.15) is 37.0 Å². The number of rotatable bonds is 6. The summed E-state index contributed by atoms with van der Waals surface area (Å²) >= 11 is 0. The van der Waals surface area contributed by atoms with E-state index in [1.807, 2.05) is 49.7 Å². The third kappa shape index (κ3) is 4.06. The van der Waals surface area contributed by atoms with Crippen LogP contribution in [0.5, 0.6) is 0 Å². The van der Waals surface area contributed by atoms with E-state index in [-0.39, 0.29) is 29.5 Å². The number of para-hydroxylation sites is 1. The van der Waals surface area contributed by atoms with E-state index in [2.05, 4.69) is 0 Å². The fraction of sp³-hybridized carbons (Fsp3) is 0.500. The lowest BCUT2D eigenvalue weighted by Crippen LogP contribution is -2.48. The van der Waals surface area contributed by atoms with Gasteiger partial charge in [0.25, 0.3) is 5.91 Å². The molecule has 0 saturated carbocycles. The third-order valence-electron chi connectivity index (χ3n) is 5.40. The molecule has 2 aromatic rings. The van der Waals surface area contributed by atoms with Gasteiger partial charge in [-0.15, -0.1) is 0 Å². The zero-order chi connectivity index (χ0) is 20.5. The highest BCUT2D eigenvalue weighted by Crippen LogP contribution is 2.23. The van der Waals surface area contributed by atoms with Crippen molar-refractivity contribution < 1.29 is 22.7 Å². The van der Waals surface area contributed by atoms with Gasteiger partial charge in [0.05, 0.1) is 17.1 Å². The lowest BCUT2D eigenvalue weighted by atomic mass is 10.1. The van der Waals surface area contributed by atoms with Crippen molar-refractivity contribution in [1.82, 2.24) is 9.47 Å². The van der Waals surface area contributed by atoms with Crippen molar-refractivity contribution in [1.29, 1.82) is 0 Å². The average Bonchev–Trinajstić information content (AvgIpc) is 3.19. The first kappa shape index (κ1) is 20.4. The van der Waals surface area contributed by atoms with Gasteiger partial charge in [-0.1, -0.05) is 25.1 Å². The lowest BCUT2D eigenvalue weighted by Gasteiger charge is -2.33. The van der Waals surface area contributed by atoms with Crippen molar-refractivity contribution >= 4 is 32.6 Å². The van der Waals surface area contributed by atoms with E-state index in [9.17, 15) is 18.0 Å². The predicted octanol–water partition coefficient (Wildman–Crippen LogP) is 2.15. The zero-order valence-electron chi connectivity index (χ0n) is 16.4. The first-order valence-corrected chi connectivity index (χ1v) is 11.3. The van der Waals surface area contributed by atoms with E-state index in [0.717, 1.165) is 10.9 Å². The van der Waals surface area contributed by atoms with Crippen LogP contribution in [-0.4, -0.2) is 60.0 Å². The Morgan fingerprint density at radius 2 is 2.04 bits per heavy atom. The summed E-state index contributed by atoms with van der Waals surface area (Å²) in [5, 5.41) is 0.767. The summed E-state index contributed by atoms with van der Waals surface area (Å²) < 4.78 is 30.8. The Morgan fingerprint density at radius 3 is 2.68 bits per heavy atom. The van der Waals surface area contributed by atoms with E-state index in [0.29, 0.717) is 18.4 Å². The number of nitrogens with zero attached hydrogens (tertiary/aromatic N) is 2. The molecule has 0 unspecified atom stereocenters. The molecule has 1 saturated heterocycles. The molecule has 0 bridgehead atoms. The average molecular weight is 407 g/mol. The van der Waals surface area contributed by atoms with Crippen molar-refractivity contribution in [3.8, 4) is 0 Å². The molecule has 2 atom stereocenters. The molecular formula is C20H26N2O5S. The van der Waals surface area contributed by atoms with Gasteiger partial charge in [-0.2, -0.15) is 0 Å². The highest BCUT2D eigenvalue weighted by molar-refractivity contribution is 7.91. The van der Waals surface area contributed by atoms with Gasteiger partial charge in [0.2, 0.25) is 0 Å². The second-order valence-electron chi connectivity index (χ2n) is 7.36. The van der Waals surface area contributed by atoms with Gasteiger partial charge in [-0.3, -0.25) is 4.79 Å². The fourth-order valence-corrected chi connectivity index (χ4v) is 5.50. The monoisotopic (exact) mass is 406 g/mol. The number of benzene rings is 1. The maximum Gasteiger partial charge on any atom is 0.340 e. The van der Waals surface area contributed by atoms with Crippen molar-refractivity contribution in [2.75, 3.05) is 18.1 Å². The van der Waals surface area contributed by atoms with Crippen LogP contribution < -0.4 is 0 Å². The van der Waals surface area contributed by atoms with Crippen LogP contribution in [0.15, 0.2) is 30.5 Å². The summed E-state index contributed by atoms with van der Waals surface area (Å²) in [5.41, 5.74) is 1.31. The molecule has 7 nitrogen and oxygen atoms in total. The van der Waals surface area contributed by atoms with Crippen molar-refractivity contribution in [3.05, 3.63) is 36.0 Å². The van der Waals surface area contributed by atoms with Gasteiger partial charge in [-0.05, 0) is 25.8 Å². The van der Waals surface area contributed by atoms with Crippen LogP contribution in [0.3, 0.4) is 0 Å². The Kier molecular flexibility index (Phi) is 5.79. The number of carbonyl (C=O) groups is 2. The van der Waals surface area contributed by atoms with E-state index < -0.39 is 22.4 Å². The number of aromatic nitrogens is 1. The number of aryl methyl sites for hydroxylation is 1. The first-order valence-electron chi connectivity index (χ1n) is 9.46. The SMILES string of the molecule is CC[C@H](C)N(C(=O)COC(=O)c1cn(C)c2ccccc12)[C@H]1CCS(=O)(=O)C1. The largest absolute Gasteiger partial charge is 0.452 e. The normalized spacial score (nSPS) is 19.5. The number of carbonyl (C=O) groups excluding carboxylic acids is 2. The smallest absolute Gasteiger partial charge is 0.340 e. The van der Waals surface area contributed by atoms with Gasteiger partial charge in [-0.25, -0.2) is 13.2 Å². The summed E-state index contributed by atoms with van der Waals surface area (Å²) in [6, 6.07) is 6.99. The van der Waals surface area contributed by atoms with E-state index in [1.165, 1.54) is 0 Å². The molecule has 1 amide bonds. The molecule has 2 heterocycles. The topological polar surface area (TPSA) is 85.7 Å². The van der Waals surface area contributed by atoms with Gasteiger partial charge in [0.1, 0.15) is 0 Å². The second kappa shape index (κ2) is 7.95. The number of ether oxygens (including phenoxy) is 1. The van der Waals surface area contributed by atoms with Crippen LogP contribution in [0.2, 0.25) is 0 Å². The van der Waals surface area contributed by atoms with E-state index in [1.54, 1.807) is 11.1 Å². The molecular weight excluding hydrogens is 380 g/mol. The van der Waals surface area contributed by atoms with E-state index >= 15 is 0 Å². The molecule has 1 aliphatic heterocycles. The quantitative estimate of drug-likeness (QED) is 0.686. The minimum atomic E-state index is -3.12. The lowest BCUT2D eigenvalue weighted by molar-refractivity contribution is -0.138. The molecule has 1 aliphatic rings.